The van der Waals surface area contributed by atoms with Crippen LogP contribution in [0.5, 0.6) is 0 Å². The van der Waals surface area contributed by atoms with Gasteiger partial charge in [0.15, 0.2) is 0 Å². The van der Waals surface area contributed by atoms with Crippen LogP contribution in [0.2, 0.25) is 0 Å². The molecule has 0 saturated carbocycles. The first kappa shape index (κ1) is 15.3. The average molecular weight is 292 g/mol. The van der Waals surface area contributed by atoms with Gasteiger partial charge in [-0.1, -0.05) is 18.2 Å². The van der Waals surface area contributed by atoms with Gasteiger partial charge in [-0.25, -0.2) is 9.59 Å². The smallest absolute Gasteiger partial charge is 0.326 e. The van der Waals surface area contributed by atoms with E-state index in [4.69, 9.17) is 4.74 Å². The third-order valence-corrected chi connectivity index (χ3v) is 3.86. The second-order valence-corrected chi connectivity index (χ2v) is 5.30. The van der Waals surface area contributed by atoms with Gasteiger partial charge in [0.2, 0.25) is 0 Å². The van der Waals surface area contributed by atoms with Crippen molar-refractivity contribution in [2.75, 3.05) is 19.0 Å². The van der Waals surface area contributed by atoms with Gasteiger partial charge in [0.05, 0.1) is 6.10 Å². The van der Waals surface area contributed by atoms with Crippen LogP contribution in [-0.4, -0.2) is 47.8 Å². The molecule has 6 heteroatoms. The van der Waals surface area contributed by atoms with Gasteiger partial charge in [0.1, 0.15) is 6.04 Å². The highest BCUT2D eigenvalue weighted by Gasteiger charge is 2.40. The molecule has 21 heavy (non-hydrogen) atoms. The molecule has 1 aromatic carbocycles. The molecular weight excluding hydrogens is 272 g/mol. The lowest BCUT2D eigenvalue weighted by Gasteiger charge is -2.23. The number of methoxy groups -OCH3 is 1. The number of carboxylic acids is 1. The summed E-state index contributed by atoms with van der Waals surface area (Å²) in [6.07, 6.45) is 0.0706. The molecule has 1 aliphatic heterocycles. The van der Waals surface area contributed by atoms with Gasteiger partial charge < -0.3 is 20.1 Å². The number of aliphatic carboxylic acids is 1. The zero-order valence-corrected chi connectivity index (χ0v) is 12.4. The Morgan fingerprint density at radius 3 is 2.48 bits per heavy atom. The van der Waals surface area contributed by atoms with Crippen molar-refractivity contribution in [3.05, 3.63) is 29.3 Å². The number of carbonyl (C=O) groups is 2. The Kier molecular flexibility index (Phi) is 4.47. The largest absolute Gasteiger partial charge is 0.480 e. The number of carboxylic acid groups (broad SMARTS) is 1. The minimum atomic E-state index is -1.01. The topological polar surface area (TPSA) is 78.9 Å². The molecule has 0 aromatic heterocycles. The summed E-state index contributed by atoms with van der Waals surface area (Å²) in [5, 5.41) is 12.1. The van der Waals surface area contributed by atoms with Crippen molar-refractivity contribution in [2.24, 2.45) is 0 Å². The first-order chi connectivity index (χ1) is 9.93. The number of likely N-dealkylation sites (tertiary alicyclic amines) is 1. The quantitative estimate of drug-likeness (QED) is 0.893. The second-order valence-electron chi connectivity index (χ2n) is 5.30. The number of hydrogen-bond donors (Lipinski definition) is 2. The van der Waals surface area contributed by atoms with Crippen LogP contribution >= 0.6 is 0 Å². The van der Waals surface area contributed by atoms with Gasteiger partial charge in [0, 0.05) is 25.8 Å². The summed E-state index contributed by atoms with van der Waals surface area (Å²) in [6.45, 7) is 4.09. The van der Waals surface area contributed by atoms with Crippen molar-refractivity contribution < 1.29 is 19.4 Å². The number of ether oxygens (including phenoxy) is 1. The van der Waals surface area contributed by atoms with E-state index in [1.54, 1.807) is 0 Å². The lowest BCUT2D eigenvalue weighted by atomic mass is 10.1. The van der Waals surface area contributed by atoms with E-state index in [1.165, 1.54) is 12.0 Å². The second kappa shape index (κ2) is 6.13. The molecule has 6 nitrogen and oxygen atoms in total. The number of nitrogens with one attached hydrogen (secondary N) is 1. The Morgan fingerprint density at radius 2 is 1.95 bits per heavy atom. The fourth-order valence-electron chi connectivity index (χ4n) is 2.62. The van der Waals surface area contributed by atoms with E-state index in [0.29, 0.717) is 6.42 Å². The number of benzene rings is 1. The highest BCUT2D eigenvalue weighted by atomic mass is 16.5. The van der Waals surface area contributed by atoms with Crippen LogP contribution in [0.25, 0.3) is 0 Å². The molecule has 0 spiro atoms. The third kappa shape index (κ3) is 3.16. The van der Waals surface area contributed by atoms with E-state index >= 15 is 0 Å². The molecule has 1 heterocycles. The zero-order valence-electron chi connectivity index (χ0n) is 12.4. The Morgan fingerprint density at radius 1 is 1.33 bits per heavy atom. The molecule has 0 bridgehead atoms. The number of carbonyl (C=O) groups excluding carboxylic acids is 1. The normalized spacial score (nSPS) is 21.4. The minimum Gasteiger partial charge on any atom is -0.480 e. The first-order valence-electron chi connectivity index (χ1n) is 6.83. The van der Waals surface area contributed by atoms with E-state index in [2.05, 4.69) is 5.32 Å². The predicted octanol–water partition coefficient (Wildman–Crippen LogP) is 2.01. The van der Waals surface area contributed by atoms with E-state index in [-0.39, 0.29) is 12.6 Å². The molecule has 2 atom stereocenters. The monoisotopic (exact) mass is 292 g/mol. The highest BCUT2D eigenvalue weighted by molar-refractivity contribution is 5.94. The molecule has 1 saturated heterocycles. The van der Waals surface area contributed by atoms with Crippen molar-refractivity contribution in [3.63, 3.8) is 0 Å². The first-order valence-corrected chi connectivity index (χ1v) is 6.83. The average Bonchev–Trinajstić information content (AvgIpc) is 2.87. The Bertz CT molecular complexity index is 538. The van der Waals surface area contributed by atoms with Crippen LogP contribution in [0, 0.1) is 13.8 Å². The van der Waals surface area contributed by atoms with Gasteiger partial charge in [-0.2, -0.15) is 0 Å². The maximum atomic E-state index is 12.4. The summed E-state index contributed by atoms with van der Waals surface area (Å²) < 4.78 is 5.18. The van der Waals surface area contributed by atoms with Crippen LogP contribution in [0.1, 0.15) is 17.5 Å². The Balaban J connectivity index is 2.17. The maximum Gasteiger partial charge on any atom is 0.326 e. The fourth-order valence-corrected chi connectivity index (χ4v) is 2.62. The van der Waals surface area contributed by atoms with Gasteiger partial charge in [-0.05, 0) is 25.0 Å². The summed E-state index contributed by atoms with van der Waals surface area (Å²) in [6, 6.07) is 4.47. The maximum absolute atomic E-state index is 12.4. The molecule has 1 aliphatic rings. The number of rotatable bonds is 3. The molecule has 1 fully saturated rings. The highest BCUT2D eigenvalue weighted by Crippen LogP contribution is 2.24. The van der Waals surface area contributed by atoms with E-state index in [0.717, 1.165) is 16.8 Å². The fraction of sp³-hybridized carbons (Fsp3) is 0.467. The summed E-state index contributed by atoms with van der Waals surface area (Å²) in [5.74, 6) is -1.01. The number of amides is 2. The van der Waals surface area contributed by atoms with Gasteiger partial charge >= 0.3 is 12.0 Å². The predicted molar refractivity (Wildman–Crippen MR) is 78.5 cm³/mol. The zero-order chi connectivity index (χ0) is 15.6. The molecule has 2 unspecified atom stereocenters. The van der Waals surface area contributed by atoms with Gasteiger partial charge in [-0.3, -0.25) is 0 Å². The van der Waals surface area contributed by atoms with Gasteiger partial charge in [-0.15, -0.1) is 0 Å². The summed E-state index contributed by atoms with van der Waals surface area (Å²) in [4.78, 5) is 25.0. The number of urea groups is 1. The van der Waals surface area contributed by atoms with E-state index in [1.807, 2.05) is 32.0 Å². The van der Waals surface area contributed by atoms with Crippen LogP contribution in [-0.2, 0) is 9.53 Å². The van der Waals surface area contributed by atoms with Crippen LogP contribution in [0.3, 0.4) is 0 Å². The van der Waals surface area contributed by atoms with Crippen molar-refractivity contribution in [2.45, 2.75) is 32.4 Å². The van der Waals surface area contributed by atoms with E-state index < -0.39 is 18.0 Å². The Labute approximate surface area is 123 Å². The molecule has 1 aromatic rings. The third-order valence-electron chi connectivity index (χ3n) is 3.86. The Hall–Kier alpha value is -2.08. The molecule has 114 valence electrons. The number of aryl methyl sites for hydroxylation is 2. The minimum absolute atomic E-state index is 0.241. The molecule has 2 amide bonds. The van der Waals surface area contributed by atoms with Crippen LogP contribution < -0.4 is 5.32 Å². The standard InChI is InChI=1S/C15H20N2O4/c1-9-5-4-6-10(2)13(9)16-15(20)17-8-11(21-3)7-12(17)14(18)19/h4-6,11-12H,7-8H2,1-3H3,(H,16,20)(H,18,19). The van der Waals surface area contributed by atoms with Crippen molar-refractivity contribution >= 4 is 17.7 Å². The van der Waals surface area contributed by atoms with Crippen molar-refractivity contribution in [1.82, 2.24) is 4.90 Å². The van der Waals surface area contributed by atoms with E-state index in [9.17, 15) is 14.7 Å². The number of para-hydroxylation sites is 1. The molecule has 2 N–H and O–H groups in total. The molecule has 2 rings (SSSR count). The van der Waals surface area contributed by atoms with Crippen LogP contribution in [0.15, 0.2) is 18.2 Å². The lowest BCUT2D eigenvalue weighted by Crippen LogP contribution is -2.43. The summed E-state index contributed by atoms with van der Waals surface area (Å²) >= 11 is 0. The molecular formula is C15H20N2O4. The summed E-state index contributed by atoms with van der Waals surface area (Å²) in [7, 11) is 1.52. The molecule has 0 radical (unpaired) electrons. The SMILES string of the molecule is COC1CC(C(=O)O)N(C(=O)Nc2c(C)cccc2C)C1. The number of nitrogens with zero attached hydrogens (tertiary/aromatic N) is 1. The van der Waals surface area contributed by atoms with Gasteiger partial charge in [0.25, 0.3) is 0 Å². The number of anilines is 1. The molecule has 0 aliphatic carbocycles. The van der Waals surface area contributed by atoms with Crippen LogP contribution in [0.4, 0.5) is 10.5 Å². The number of hydrogen-bond acceptors (Lipinski definition) is 3. The van der Waals surface area contributed by atoms with Crippen molar-refractivity contribution in [1.29, 1.82) is 0 Å². The van der Waals surface area contributed by atoms with Crippen molar-refractivity contribution in [3.8, 4) is 0 Å². The summed E-state index contributed by atoms with van der Waals surface area (Å²) in [5.41, 5.74) is 2.61. The lowest BCUT2D eigenvalue weighted by molar-refractivity contribution is -0.141.